The van der Waals surface area contributed by atoms with Crippen LogP contribution >= 0.6 is 38.9 Å². The Balaban J connectivity index is 2.14. The summed E-state index contributed by atoms with van der Waals surface area (Å²) in [6, 6.07) is 9.99. The maximum atomic E-state index is 5.92. The Morgan fingerprint density at radius 1 is 1.37 bits per heavy atom. The van der Waals surface area contributed by atoms with Crippen molar-refractivity contribution in [3.05, 3.63) is 49.6 Å². The molecule has 0 radical (unpaired) electrons. The molecule has 0 spiro atoms. The summed E-state index contributed by atoms with van der Waals surface area (Å²) in [6.45, 7) is 2.51. The summed E-state index contributed by atoms with van der Waals surface area (Å²) in [5.41, 5.74) is 6.99. The molecule has 0 aliphatic rings. The molecule has 0 aliphatic carbocycles. The fourth-order valence-corrected chi connectivity index (χ4v) is 3.32. The number of rotatable bonds is 5. The van der Waals surface area contributed by atoms with E-state index in [1.54, 1.807) is 0 Å². The van der Waals surface area contributed by atoms with E-state index in [2.05, 4.69) is 15.9 Å². The number of hydrogen-bond acceptors (Lipinski definition) is 3. The standard InChI is InChI=1S/C14H15BrClNOS/c1-9(17)7-10-3-2-4-12(15)14(10)18-8-11-5-6-13(16)19-11/h2-6,9H,7-8,17H2,1H3. The molecule has 2 rings (SSSR count). The van der Waals surface area contributed by atoms with Crippen molar-refractivity contribution in [2.75, 3.05) is 0 Å². The minimum Gasteiger partial charge on any atom is -0.487 e. The normalized spacial score (nSPS) is 12.4. The van der Waals surface area contributed by atoms with E-state index < -0.39 is 0 Å². The first-order valence-corrected chi connectivity index (χ1v) is 7.95. The fraction of sp³-hybridized carbons (Fsp3) is 0.286. The first kappa shape index (κ1) is 14.9. The topological polar surface area (TPSA) is 35.2 Å². The van der Waals surface area contributed by atoms with Crippen molar-refractivity contribution in [1.82, 2.24) is 0 Å². The van der Waals surface area contributed by atoms with Crippen molar-refractivity contribution < 1.29 is 4.74 Å². The van der Waals surface area contributed by atoms with Crippen LogP contribution in [0.5, 0.6) is 5.75 Å². The van der Waals surface area contributed by atoms with Crippen molar-refractivity contribution in [3.63, 3.8) is 0 Å². The summed E-state index contributed by atoms with van der Waals surface area (Å²) in [6.07, 6.45) is 0.792. The molecule has 5 heteroatoms. The van der Waals surface area contributed by atoms with Gasteiger partial charge in [0.05, 0.1) is 8.81 Å². The SMILES string of the molecule is CC(N)Cc1cccc(Br)c1OCc1ccc(Cl)s1. The van der Waals surface area contributed by atoms with Gasteiger partial charge in [0.2, 0.25) is 0 Å². The Labute approximate surface area is 130 Å². The third-order valence-corrected chi connectivity index (χ3v) is 4.41. The van der Waals surface area contributed by atoms with Gasteiger partial charge in [0.1, 0.15) is 12.4 Å². The van der Waals surface area contributed by atoms with Gasteiger partial charge in [-0.1, -0.05) is 23.7 Å². The predicted molar refractivity (Wildman–Crippen MR) is 85.2 cm³/mol. The van der Waals surface area contributed by atoms with Crippen molar-refractivity contribution in [1.29, 1.82) is 0 Å². The van der Waals surface area contributed by atoms with Crippen LogP contribution in [0.25, 0.3) is 0 Å². The van der Waals surface area contributed by atoms with Gasteiger partial charge in [-0.3, -0.25) is 0 Å². The number of thiophene rings is 1. The lowest BCUT2D eigenvalue weighted by atomic mass is 10.1. The van der Waals surface area contributed by atoms with E-state index >= 15 is 0 Å². The highest BCUT2D eigenvalue weighted by Crippen LogP contribution is 2.31. The number of para-hydroxylation sites is 1. The van der Waals surface area contributed by atoms with Gasteiger partial charge in [-0.2, -0.15) is 0 Å². The highest BCUT2D eigenvalue weighted by molar-refractivity contribution is 9.10. The molecule has 0 saturated carbocycles. The van der Waals surface area contributed by atoms with Crippen molar-refractivity contribution in [2.24, 2.45) is 5.73 Å². The number of hydrogen-bond donors (Lipinski definition) is 1. The van der Waals surface area contributed by atoms with E-state index in [9.17, 15) is 0 Å². The van der Waals surface area contributed by atoms with Crippen molar-refractivity contribution in [2.45, 2.75) is 26.0 Å². The summed E-state index contributed by atoms with van der Waals surface area (Å²) in [5.74, 6) is 0.865. The van der Waals surface area contributed by atoms with Gasteiger partial charge < -0.3 is 10.5 Å². The Kier molecular flexibility index (Phi) is 5.28. The summed E-state index contributed by atoms with van der Waals surface area (Å²) in [5, 5.41) is 0. The third-order valence-electron chi connectivity index (χ3n) is 2.58. The van der Waals surface area contributed by atoms with Crippen LogP contribution < -0.4 is 10.5 Å². The molecule has 1 aromatic carbocycles. The molecule has 2 aromatic rings. The van der Waals surface area contributed by atoms with E-state index in [4.69, 9.17) is 22.1 Å². The zero-order valence-corrected chi connectivity index (χ0v) is 13.7. The van der Waals surface area contributed by atoms with Gasteiger partial charge in [0.25, 0.3) is 0 Å². The molecule has 1 atom stereocenters. The largest absolute Gasteiger partial charge is 0.487 e. The lowest BCUT2D eigenvalue weighted by molar-refractivity contribution is 0.304. The Morgan fingerprint density at radius 3 is 2.79 bits per heavy atom. The lowest BCUT2D eigenvalue weighted by Crippen LogP contribution is -2.18. The number of halogens is 2. The second-order valence-corrected chi connectivity index (χ2v) is 7.06. The summed E-state index contributed by atoms with van der Waals surface area (Å²) in [7, 11) is 0. The van der Waals surface area contributed by atoms with Crippen LogP contribution in [0.15, 0.2) is 34.8 Å². The van der Waals surface area contributed by atoms with Gasteiger partial charge in [0, 0.05) is 10.9 Å². The molecular formula is C14H15BrClNOS. The third kappa shape index (κ3) is 4.21. The van der Waals surface area contributed by atoms with E-state index in [0.717, 1.165) is 31.4 Å². The molecule has 0 bridgehead atoms. The number of benzene rings is 1. The first-order valence-electron chi connectivity index (χ1n) is 5.96. The van der Waals surface area contributed by atoms with Crippen LogP contribution in [-0.4, -0.2) is 6.04 Å². The molecule has 2 N–H and O–H groups in total. The van der Waals surface area contributed by atoms with E-state index in [-0.39, 0.29) is 6.04 Å². The molecule has 102 valence electrons. The average Bonchev–Trinajstić information content (AvgIpc) is 2.73. The van der Waals surface area contributed by atoms with Crippen LogP contribution in [0.1, 0.15) is 17.4 Å². The Hall–Kier alpha value is -0.550. The first-order chi connectivity index (χ1) is 9.06. The zero-order chi connectivity index (χ0) is 13.8. The maximum Gasteiger partial charge on any atom is 0.137 e. The van der Waals surface area contributed by atoms with E-state index in [1.165, 1.54) is 11.3 Å². The van der Waals surface area contributed by atoms with Crippen molar-refractivity contribution >= 4 is 38.9 Å². The summed E-state index contributed by atoms with van der Waals surface area (Å²) < 4.78 is 7.65. The van der Waals surface area contributed by atoms with Gasteiger partial charge in [-0.05, 0) is 53.0 Å². The van der Waals surface area contributed by atoms with Gasteiger partial charge in [-0.15, -0.1) is 11.3 Å². The van der Waals surface area contributed by atoms with Gasteiger partial charge in [-0.25, -0.2) is 0 Å². The molecule has 0 saturated heterocycles. The Morgan fingerprint density at radius 2 is 2.16 bits per heavy atom. The summed E-state index contributed by atoms with van der Waals surface area (Å²) in [4.78, 5) is 1.10. The second kappa shape index (κ2) is 6.75. The smallest absolute Gasteiger partial charge is 0.137 e. The molecule has 0 aliphatic heterocycles. The molecule has 19 heavy (non-hydrogen) atoms. The molecule has 1 heterocycles. The quantitative estimate of drug-likeness (QED) is 0.843. The highest BCUT2D eigenvalue weighted by atomic mass is 79.9. The molecule has 0 amide bonds. The summed E-state index contributed by atoms with van der Waals surface area (Å²) >= 11 is 11.0. The minimum absolute atomic E-state index is 0.104. The van der Waals surface area contributed by atoms with Crippen LogP contribution in [0, 0.1) is 0 Å². The van der Waals surface area contributed by atoms with Gasteiger partial charge >= 0.3 is 0 Å². The molecule has 0 fully saturated rings. The molecular weight excluding hydrogens is 346 g/mol. The van der Waals surface area contributed by atoms with Crippen LogP contribution in [0.4, 0.5) is 0 Å². The highest BCUT2D eigenvalue weighted by Gasteiger charge is 2.10. The van der Waals surface area contributed by atoms with Crippen LogP contribution in [0.2, 0.25) is 4.34 Å². The maximum absolute atomic E-state index is 5.92. The lowest BCUT2D eigenvalue weighted by Gasteiger charge is -2.14. The number of nitrogens with two attached hydrogens (primary N) is 1. The molecule has 2 nitrogen and oxygen atoms in total. The van der Waals surface area contributed by atoms with Crippen LogP contribution in [0.3, 0.4) is 0 Å². The van der Waals surface area contributed by atoms with E-state index in [0.29, 0.717) is 6.61 Å². The average molecular weight is 361 g/mol. The monoisotopic (exact) mass is 359 g/mol. The molecule has 1 unspecified atom stereocenters. The van der Waals surface area contributed by atoms with E-state index in [1.807, 2.05) is 37.3 Å². The van der Waals surface area contributed by atoms with Gasteiger partial charge in [0.15, 0.2) is 0 Å². The number of ether oxygens (including phenoxy) is 1. The minimum atomic E-state index is 0.104. The predicted octanol–water partition coefficient (Wildman–Crippen LogP) is 4.63. The fourth-order valence-electron chi connectivity index (χ4n) is 1.80. The second-order valence-electron chi connectivity index (χ2n) is 4.40. The molecule has 1 aromatic heterocycles. The van der Waals surface area contributed by atoms with Crippen LogP contribution in [-0.2, 0) is 13.0 Å². The Bertz CT molecular complexity index is 556. The van der Waals surface area contributed by atoms with Crippen molar-refractivity contribution in [3.8, 4) is 5.75 Å². The zero-order valence-electron chi connectivity index (χ0n) is 10.5.